The van der Waals surface area contributed by atoms with Gasteiger partial charge in [-0.05, 0) is 54.3 Å². The molecular weight excluding hydrogens is 672 g/mol. The third-order valence-corrected chi connectivity index (χ3v) is 7.18. The zero-order chi connectivity index (χ0) is 29.1. The number of ether oxygens (including phenoxy) is 3. The van der Waals surface area contributed by atoms with E-state index >= 15 is 0 Å². The Morgan fingerprint density at radius 2 is 1.73 bits per heavy atom. The number of nitrogens with zero attached hydrogens (tertiary/aromatic N) is 2. The Kier molecular flexibility index (Phi) is 12.1. The van der Waals surface area contributed by atoms with E-state index in [9.17, 15) is 9.59 Å². The fourth-order valence-electron chi connectivity index (χ4n) is 3.13. The van der Waals surface area contributed by atoms with Gasteiger partial charge in [-0.1, -0.05) is 37.9 Å². The van der Waals surface area contributed by atoms with Crippen molar-refractivity contribution in [3.8, 4) is 11.5 Å². The number of carboxylic acids is 2. The number of aliphatic carboxylic acids is 1. The second kappa shape index (κ2) is 15.5. The Hall–Kier alpha value is -3.30. The minimum atomic E-state index is -1.02. The molecule has 4 heterocycles. The number of carbonyl (C=O) groups is 2. The number of carboxylic acid groups (broad SMARTS) is 2. The largest absolute Gasteiger partial charge is 0.485 e. The summed E-state index contributed by atoms with van der Waals surface area (Å²) in [6.45, 7) is 1.67. The highest BCUT2D eigenvalue weighted by Gasteiger charge is 2.26. The second-order valence-electron chi connectivity index (χ2n) is 8.24. The molecule has 0 radical (unpaired) electrons. The Morgan fingerprint density at radius 3 is 2.27 bits per heavy atom. The molecule has 6 rings (SSSR count). The monoisotopic (exact) mass is 696 g/mol. The van der Waals surface area contributed by atoms with Gasteiger partial charge < -0.3 is 35.9 Å². The van der Waals surface area contributed by atoms with Gasteiger partial charge in [-0.15, -0.1) is 11.3 Å². The molecule has 0 aliphatic carbocycles. The van der Waals surface area contributed by atoms with Gasteiger partial charge >= 0.3 is 11.9 Å². The fourth-order valence-corrected chi connectivity index (χ4v) is 4.93. The summed E-state index contributed by atoms with van der Waals surface area (Å²) in [5.41, 5.74) is 11.3. The zero-order valence-electron chi connectivity index (χ0n) is 20.9. The smallest absolute Gasteiger partial charge is 0.348 e. The van der Waals surface area contributed by atoms with Gasteiger partial charge in [-0.3, -0.25) is 0 Å². The number of nitrogen functional groups attached to an aromatic ring is 1. The van der Waals surface area contributed by atoms with Crippen LogP contribution in [0.2, 0.25) is 0 Å². The lowest BCUT2D eigenvalue weighted by atomic mass is 10.2. The van der Waals surface area contributed by atoms with E-state index in [4.69, 9.17) is 35.9 Å². The zero-order valence-corrected chi connectivity index (χ0v) is 24.9. The van der Waals surface area contributed by atoms with Crippen LogP contribution in [0.5, 0.6) is 11.5 Å². The van der Waals surface area contributed by atoms with Crippen molar-refractivity contribution in [2.75, 3.05) is 25.6 Å². The van der Waals surface area contributed by atoms with Crippen molar-refractivity contribution in [3.63, 3.8) is 0 Å². The molecule has 0 amide bonds. The molecule has 4 aromatic rings. The third-order valence-electron chi connectivity index (χ3n) is 5.11. The third kappa shape index (κ3) is 10.0. The summed E-state index contributed by atoms with van der Waals surface area (Å²) in [5.74, 6) is -0.850. The van der Waals surface area contributed by atoms with Crippen LogP contribution < -0.4 is 20.9 Å². The van der Waals surface area contributed by atoms with Crippen LogP contribution in [0.1, 0.15) is 16.1 Å². The summed E-state index contributed by atoms with van der Waals surface area (Å²) in [6, 6.07) is 14.7. The summed E-state index contributed by atoms with van der Waals surface area (Å²) in [6.07, 6.45) is 3.17. The lowest BCUT2D eigenvalue weighted by Crippen LogP contribution is -2.36. The van der Waals surface area contributed by atoms with Crippen LogP contribution in [-0.2, 0) is 9.53 Å². The van der Waals surface area contributed by atoms with Crippen LogP contribution in [0.25, 0.3) is 10.1 Å². The van der Waals surface area contributed by atoms with Gasteiger partial charge in [0, 0.05) is 26.3 Å². The van der Waals surface area contributed by atoms with Crippen LogP contribution >= 0.6 is 43.2 Å². The predicted octanol–water partition coefficient (Wildman–Crippen LogP) is 4.83. The Morgan fingerprint density at radius 1 is 0.975 bits per heavy atom. The van der Waals surface area contributed by atoms with Crippen LogP contribution in [0.15, 0.2) is 69.9 Å². The Balaban J connectivity index is 0.000000156. The molecule has 0 bridgehead atoms. The van der Waals surface area contributed by atoms with E-state index in [1.807, 2.05) is 24.3 Å². The lowest BCUT2D eigenvalue weighted by molar-refractivity contribution is -0.147. The van der Waals surface area contributed by atoms with Gasteiger partial charge in [0.15, 0.2) is 11.5 Å². The maximum atomic E-state index is 10.7. The summed E-state index contributed by atoms with van der Waals surface area (Å²) in [4.78, 5) is 21.7. The summed E-state index contributed by atoms with van der Waals surface area (Å²) >= 11 is 7.89. The number of aromatic carboxylic acids is 1. The number of hydrogen-bond acceptors (Lipinski definition) is 10. The molecule has 6 N–H and O–H groups in total. The number of anilines is 1. The highest BCUT2D eigenvalue weighted by atomic mass is 79.9. The number of halogens is 2. The van der Waals surface area contributed by atoms with Crippen molar-refractivity contribution in [2.24, 2.45) is 5.73 Å². The van der Waals surface area contributed by atoms with E-state index in [1.165, 1.54) is 17.5 Å². The fraction of sp³-hybridized carbons (Fsp3) is 0.231. The first-order chi connectivity index (χ1) is 19.1. The molecule has 14 heteroatoms. The number of aromatic nitrogens is 2. The number of hydrogen-bond donors (Lipinski definition) is 4. The van der Waals surface area contributed by atoms with E-state index in [0.717, 1.165) is 38.7 Å². The second-order valence-corrected chi connectivity index (χ2v) is 11.2. The van der Waals surface area contributed by atoms with E-state index in [0.29, 0.717) is 28.1 Å². The minimum Gasteiger partial charge on any atom is -0.485 e. The van der Waals surface area contributed by atoms with Gasteiger partial charge in [-0.25, -0.2) is 9.59 Å². The lowest BCUT2D eigenvalue weighted by Gasteiger charge is -2.23. The number of rotatable bonds is 2. The van der Waals surface area contributed by atoms with E-state index < -0.39 is 18.0 Å². The number of fused-ring (bicyclic) bond motifs is 2. The first-order valence-electron chi connectivity index (χ1n) is 11.7. The topological polar surface area (TPSA) is 180 Å². The predicted molar refractivity (Wildman–Crippen MR) is 158 cm³/mol. The highest BCUT2D eigenvalue weighted by molar-refractivity contribution is 9.10. The first-order valence-corrected chi connectivity index (χ1v) is 14.1. The molecule has 2 aromatic carbocycles. The molecule has 2 aliphatic rings. The molecular formula is C26H26Br2N4O7S. The molecule has 1 saturated heterocycles. The molecule has 11 nitrogen and oxygen atoms in total. The first kappa shape index (κ1) is 31.2. The van der Waals surface area contributed by atoms with Crippen molar-refractivity contribution in [1.82, 2.24) is 10.2 Å². The molecule has 2 unspecified atom stereocenters. The van der Waals surface area contributed by atoms with Crippen LogP contribution in [-0.4, -0.2) is 64.3 Å². The average molecular weight is 698 g/mol. The van der Waals surface area contributed by atoms with Gasteiger partial charge in [-0.2, -0.15) is 10.2 Å². The summed E-state index contributed by atoms with van der Waals surface area (Å²) in [7, 11) is 0. The Labute approximate surface area is 250 Å². The quantitative estimate of drug-likeness (QED) is 0.225. The van der Waals surface area contributed by atoms with Gasteiger partial charge in [0.05, 0.1) is 24.7 Å². The standard InChI is InChI=1S/C9H7BrO4.C9H5BrO2S.C4H5N3.C4H9NO/c10-5-1-2-6-7(3-5)14-8(4-13-6)9(11)12;10-6-2-1-5-3-8(9(11)12)13-7(5)4-6;5-4-1-2-6-7-3-4;5-4-1-2-6-3-4/h1-3,8H,4H2,(H,11,12);1-4H,(H,11,12);1-3H,(H2,5,6);4H,1-3,5H2. The minimum absolute atomic E-state index is 0.0456. The van der Waals surface area contributed by atoms with Crippen LogP contribution in [0.4, 0.5) is 5.69 Å². The van der Waals surface area contributed by atoms with Gasteiger partial charge in [0.2, 0.25) is 6.10 Å². The normalized spacial score (nSPS) is 16.8. The molecule has 2 aromatic heterocycles. The number of benzene rings is 2. The van der Waals surface area contributed by atoms with Gasteiger partial charge in [0.25, 0.3) is 0 Å². The molecule has 0 spiro atoms. The van der Waals surface area contributed by atoms with Crippen molar-refractivity contribution in [2.45, 2.75) is 18.6 Å². The van der Waals surface area contributed by atoms with Crippen molar-refractivity contribution in [1.29, 1.82) is 0 Å². The molecule has 1 fully saturated rings. The molecule has 2 aliphatic heterocycles. The van der Waals surface area contributed by atoms with E-state index in [1.54, 1.807) is 30.5 Å². The summed E-state index contributed by atoms with van der Waals surface area (Å²) < 4.78 is 18.2. The maximum absolute atomic E-state index is 10.7. The Bertz CT molecular complexity index is 1420. The summed E-state index contributed by atoms with van der Waals surface area (Å²) in [5, 5.41) is 25.5. The van der Waals surface area contributed by atoms with Crippen molar-refractivity contribution < 1.29 is 34.0 Å². The maximum Gasteiger partial charge on any atom is 0.348 e. The molecule has 212 valence electrons. The molecule has 40 heavy (non-hydrogen) atoms. The average Bonchev–Trinajstić information content (AvgIpc) is 3.58. The van der Waals surface area contributed by atoms with Gasteiger partial charge in [0.1, 0.15) is 11.5 Å². The van der Waals surface area contributed by atoms with Crippen molar-refractivity contribution in [3.05, 3.63) is 74.7 Å². The van der Waals surface area contributed by atoms with E-state index in [2.05, 4.69) is 42.1 Å². The highest BCUT2D eigenvalue weighted by Crippen LogP contribution is 2.34. The van der Waals surface area contributed by atoms with Crippen molar-refractivity contribution >= 4 is 70.9 Å². The van der Waals surface area contributed by atoms with Crippen LogP contribution in [0.3, 0.4) is 0 Å². The number of nitrogens with two attached hydrogens (primary N) is 2. The SMILES string of the molecule is NC1CCOC1.Nc1ccnnc1.O=C(O)C1COc2ccc(Br)cc2O1.O=C(O)c1cc2ccc(Br)cc2s1. The van der Waals surface area contributed by atoms with Crippen LogP contribution in [0, 0.1) is 0 Å². The van der Waals surface area contributed by atoms with E-state index in [-0.39, 0.29) is 6.61 Å². The molecule has 0 saturated carbocycles. The number of thiophene rings is 1. The molecule has 2 atom stereocenters.